The van der Waals surface area contributed by atoms with Gasteiger partial charge in [0, 0.05) is 23.5 Å². The van der Waals surface area contributed by atoms with E-state index in [0.29, 0.717) is 11.5 Å². The van der Waals surface area contributed by atoms with E-state index in [0.717, 1.165) is 25.3 Å². The molecular weight excluding hydrogens is 162 g/mol. The summed E-state index contributed by atoms with van der Waals surface area (Å²) in [4.78, 5) is 2.69. The first-order chi connectivity index (χ1) is 6.23. The van der Waals surface area contributed by atoms with Crippen molar-refractivity contribution in [2.24, 2.45) is 5.41 Å². The molecule has 13 heavy (non-hydrogen) atoms. The van der Waals surface area contributed by atoms with E-state index in [4.69, 9.17) is 4.74 Å². The lowest BCUT2D eigenvalue weighted by Gasteiger charge is -2.52. The van der Waals surface area contributed by atoms with Crippen molar-refractivity contribution < 1.29 is 4.74 Å². The molecule has 4 fully saturated rings. The fourth-order valence-electron chi connectivity index (χ4n) is 3.25. The molecule has 1 saturated carbocycles. The third kappa shape index (κ3) is 1.02. The zero-order chi connectivity index (χ0) is 9.05. The molecule has 2 heteroatoms. The normalized spacial score (nSPS) is 41.8. The molecular formula is C11H19NO. The van der Waals surface area contributed by atoms with Crippen molar-refractivity contribution in [2.75, 3.05) is 13.2 Å². The second-order valence-corrected chi connectivity index (χ2v) is 5.32. The van der Waals surface area contributed by atoms with Gasteiger partial charge in [0.15, 0.2) is 0 Å². The first kappa shape index (κ1) is 8.25. The van der Waals surface area contributed by atoms with E-state index in [-0.39, 0.29) is 0 Å². The fraction of sp³-hybridized carbons (Fsp3) is 1.00. The van der Waals surface area contributed by atoms with Crippen LogP contribution >= 0.6 is 0 Å². The molecule has 0 aromatic rings. The molecule has 0 N–H and O–H groups in total. The predicted molar refractivity (Wildman–Crippen MR) is 51.7 cm³/mol. The molecule has 74 valence electrons. The second kappa shape index (κ2) is 2.48. The zero-order valence-corrected chi connectivity index (χ0v) is 8.62. The first-order valence-electron chi connectivity index (χ1n) is 5.58. The van der Waals surface area contributed by atoms with Gasteiger partial charge in [0.05, 0.1) is 13.2 Å². The van der Waals surface area contributed by atoms with Crippen LogP contribution < -0.4 is 0 Å². The maximum absolute atomic E-state index is 5.76. The minimum atomic E-state index is 0.595. The van der Waals surface area contributed by atoms with Crippen LogP contribution in [0.3, 0.4) is 0 Å². The second-order valence-electron chi connectivity index (χ2n) is 5.32. The molecule has 1 aliphatic carbocycles. The highest BCUT2D eigenvalue weighted by atomic mass is 16.5. The Kier molecular flexibility index (Phi) is 1.58. The van der Waals surface area contributed by atoms with Crippen molar-refractivity contribution >= 4 is 0 Å². The average molecular weight is 181 g/mol. The Labute approximate surface area is 80.2 Å². The van der Waals surface area contributed by atoms with E-state index in [1.807, 2.05) is 0 Å². The summed E-state index contributed by atoms with van der Waals surface area (Å²) in [6.45, 7) is 6.66. The highest BCUT2D eigenvalue weighted by molar-refractivity contribution is 5.12. The standard InChI is InChI=1S/C11H19NO/c1-8(2)12-9-5-10(12)11(3-4-11)7-13-6-9/h8-10H,3-7H2,1-2H3/t9-,10+/m0/s1. The molecule has 2 atom stereocenters. The van der Waals surface area contributed by atoms with Gasteiger partial charge in [-0.3, -0.25) is 4.90 Å². The Morgan fingerprint density at radius 3 is 2.77 bits per heavy atom. The summed E-state index contributed by atoms with van der Waals surface area (Å²) in [5.41, 5.74) is 0.595. The maximum atomic E-state index is 5.76. The number of hydrogen-bond acceptors (Lipinski definition) is 2. The van der Waals surface area contributed by atoms with E-state index in [1.54, 1.807) is 0 Å². The lowest BCUT2D eigenvalue weighted by atomic mass is 9.81. The molecule has 4 aliphatic rings. The van der Waals surface area contributed by atoms with E-state index >= 15 is 0 Å². The summed E-state index contributed by atoms with van der Waals surface area (Å²) in [5.74, 6) is 0. The minimum absolute atomic E-state index is 0.595. The van der Waals surface area contributed by atoms with Gasteiger partial charge in [0.2, 0.25) is 0 Å². The van der Waals surface area contributed by atoms with Crippen molar-refractivity contribution in [1.29, 1.82) is 0 Å². The van der Waals surface area contributed by atoms with E-state index in [1.165, 1.54) is 19.3 Å². The van der Waals surface area contributed by atoms with Crippen molar-refractivity contribution in [3.63, 3.8) is 0 Å². The van der Waals surface area contributed by atoms with E-state index in [9.17, 15) is 0 Å². The van der Waals surface area contributed by atoms with Gasteiger partial charge in [-0.1, -0.05) is 0 Å². The van der Waals surface area contributed by atoms with Gasteiger partial charge in [-0.05, 0) is 33.1 Å². The summed E-state index contributed by atoms with van der Waals surface area (Å²) < 4.78 is 5.76. The largest absolute Gasteiger partial charge is 0.379 e. The number of nitrogens with zero attached hydrogens (tertiary/aromatic N) is 1. The van der Waals surface area contributed by atoms with Crippen LogP contribution in [0, 0.1) is 5.41 Å². The van der Waals surface area contributed by atoms with Gasteiger partial charge in [-0.25, -0.2) is 0 Å². The maximum Gasteiger partial charge on any atom is 0.0622 e. The quantitative estimate of drug-likeness (QED) is 0.610. The average Bonchev–Trinajstić information content (AvgIpc) is 2.78. The van der Waals surface area contributed by atoms with Crippen LogP contribution in [0.25, 0.3) is 0 Å². The van der Waals surface area contributed by atoms with Gasteiger partial charge < -0.3 is 4.74 Å². The summed E-state index contributed by atoms with van der Waals surface area (Å²) in [6.07, 6.45) is 4.22. The van der Waals surface area contributed by atoms with Crippen LogP contribution in [0.4, 0.5) is 0 Å². The zero-order valence-electron chi connectivity index (χ0n) is 8.62. The number of rotatable bonds is 1. The predicted octanol–water partition coefficient (Wildman–Crippen LogP) is 1.65. The van der Waals surface area contributed by atoms with Gasteiger partial charge in [-0.15, -0.1) is 0 Å². The SMILES string of the molecule is CC(C)N1[C@@H]2COCC3(CC3)[C@H]1C2. The number of hydrogen-bond donors (Lipinski definition) is 0. The Morgan fingerprint density at radius 1 is 1.38 bits per heavy atom. The van der Waals surface area contributed by atoms with E-state index in [2.05, 4.69) is 18.7 Å². The first-order valence-corrected chi connectivity index (χ1v) is 5.58. The van der Waals surface area contributed by atoms with Gasteiger partial charge >= 0.3 is 0 Å². The highest BCUT2D eigenvalue weighted by Crippen LogP contribution is 2.57. The molecule has 4 rings (SSSR count). The summed E-state index contributed by atoms with van der Waals surface area (Å²) in [6, 6.07) is 2.31. The van der Waals surface area contributed by atoms with Crippen molar-refractivity contribution in [1.82, 2.24) is 4.90 Å². The molecule has 2 bridgehead atoms. The molecule has 3 aliphatic heterocycles. The Balaban J connectivity index is 1.83. The van der Waals surface area contributed by atoms with Crippen LogP contribution in [-0.2, 0) is 4.74 Å². The summed E-state index contributed by atoms with van der Waals surface area (Å²) in [5, 5.41) is 0. The molecule has 0 radical (unpaired) electrons. The molecule has 0 amide bonds. The third-order valence-electron chi connectivity index (χ3n) is 4.17. The molecule has 1 spiro atoms. The fourth-order valence-corrected chi connectivity index (χ4v) is 3.25. The smallest absolute Gasteiger partial charge is 0.0622 e. The lowest BCUT2D eigenvalue weighted by Crippen LogP contribution is -2.62. The van der Waals surface area contributed by atoms with Crippen molar-refractivity contribution in [2.45, 2.75) is 51.2 Å². The summed E-state index contributed by atoms with van der Waals surface area (Å²) in [7, 11) is 0. The van der Waals surface area contributed by atoms with E-state index < -0.39 is 0 Å². The molecule has 3 heterocycles. The third-order valence-corrected chi connectivity index (χ3v) is 4.17. The lowest BCUT2D eigenvalue weighted by molar-refractivity contribution is -0.0375. The number of ether oxygens (including phenoxy) is 1. The Hall–Kier alpha value is -0.0800. The van der Waals surface area contributed by atoms with Crippen LogP contribution in [0.2, 0.25) is 0 Å². The Bertz CT molecular complexity index is 222. The molecule has 2 nitrogen and oxygen atoms in total. The highest BCUT2D eigenvalue weighted by Gasteiger charge is 2.60. The van der Waals surface area contributed by atoms with Gasteiger partial charge in [0.25, 0.3) is 0 Å². The number of fused-ring (bicyclic) bond motifs is 2. The topological polar surface area (TPSA) is 12.5 Å². The molecule has 0 aromatic heterocycles. The monoisotopic (exact) mass is 181 g/mol. The van der Waals surface area contributed by atoms with Crippen molar-refractivity contribution in [3.8, 4) is 0 Å². The molecule has 0 aromatic carbocycles. The van der Waals surface area contributed by atoms with Crippen LogP contribution in [0.1, 0.15) is 33.1 Å². The van der Waals surface area contributed by atoms with Crippen LogP contribution in [0.15, 0.2) is 0 Å². The summed E-state index contributed by atoms with van der Waals surface area (Å²) >= 11 is 0. The molecule has 0 unspecified atom stereocenters. The minimum Gasteiger partial charge on any atom is -0.379 e. The van der Waals surface area contributed by atoms with Crippen LogP contribution in [0.5, 0.6) is 0 Å². The van der Waals surface area contributed by atoms with Gasteiger partial charge in [-0.2, -0.15) is 0 Å². The Morgan fingerprint density at radius 2 is 2.15 bits per heavy atom. The van der Waals surface area contributed by atoms with Gasteiger partial charge in [0.1, 0.15) is 0 Å². The molecule has 3 saturated heterocycles. The van der Waals surface area contributed by atoms with Crippen molar-refractivity contribution in [3.05, 3.63) is 0 Å². The van der Waals surface area contributed by atoms with Crippen LogP contribution in [-0.4, -0.2) is 36.2 Å².